The molecule has 0 aliphatic rings. The van der Waals surface area contributed by atoms with Gasteiger partial charge in [0.2, 0.25) is 5.89 Å². The summed E-state index contributed by atoms with van der Waals surface area (Å²) in [6.45, 7) is 2.12. The lowest BCUT2D eigenvalue weighted by molar-refractivity contribution is 0.388. The second-order valence-electron chi connectivity index (χ2n) is 3.21. The molecule has 1 aromatic carbocycles. The van der Waals surface area contributed by atoms with Crippen LogP contribution in [0.1, 0.15) is 11.7 Å². The lowest BCUT2D eigenvalue weighted by atomic mass is 10.3. The van der Waals surface area contributed by atoms with Crippen LogP contribution in [0.3, 0.4) is 0 Å². The third-order valence-electron chi connectivity index (χ3n) is 1.94. The molecular formula is C10H9BrFN3O. The van der Waals surface area contributed by atoms with E-state index in [0.717, 1.165) is 0 Å². The zero-order chi connectivity index (χ0) is 11.5. The number of hydrogen-bond acceptors (Lipinski definition) is 4. The first-order chi connectivity index (χ1) is 7.65. The van der Waals surface area contributed by atoms with Gasteiger partial charge in [0.15, 0.2) is 5.82 Å². The van der Waals surface area contributed by atoms with E-state index in [9.17, 15) is 4.39 Å². The maximum atomic E-state index is 13.2. The van der Waals surface area contributed by atoms with Crippen molar-refractivity contribution in [1.82, 2.24) is 10.1 Å². The second-order valence-corrected chi connectivity index (χ2v) is 4.07. The highest BCUT2D eigenvalue weighted by atomic mass is 79.9. The van der Waals surface area contributed by atoms with E-state index in [0.29, 0.717) is 28.4 Å². The van der Waals surface area contributed by atoms with E-state index in [-0.39, 0.29) is 5.82 Å². The SMILES string of the molecule is Cc1nc(CNc2ccc(Br)c(F)c2)no1. The summed E-state index contributed by atoms with van der Waals surface area (Å²) < 4.78 is 18.4. The van der Waals surface area contributed by atoms with Crippen molar-refractivity contribution in [1.29, 1.82) is 0 Å². The molecule has 2 rings (SSSR count). The van der Waals surface area contributed by atoms with Crippen molar-refractivity contribution < 1.29 is 8.91 Å². The van der Waals surface area contributed by atoms with Gasteiger partial charge in [-0.05, 0) is 34.1 Å². The summed E-state index contributed by atoms with van der Waals surface area (Å²) in [6, 6.07) is 4.80. The van der Waals surface area contributed by atoms with E-state index in [1.807, 2.05) is 0 Å². The average Bonchev–Trinajstić information content (AvgIpc) is 2.66. The van der Waals surface area contributed by atoms with Crippen LogP contribution in [-0.4, -0.2) is 10.1 Å². The minimum atomic E-state index is -0.311. The Kier molecular flexibility index (Phi) is 3.19. The molecule has 0 aliphatic carbocycles. The Labute approximate surface area is 100.0 Å². The summed E-state index contributed by atoms with van der Waals surface area (Å²) in [7, 11) is 0. The maximum Gasteiger partial charge on any atom is 0.223 e. The highest BCUT2D eigenvalue weighted by Gasteiger charge is 2.03. The number of aryl methyl sites for hydroxylation is 1. The summed E-state index contributed by atoms with van der Waals surface area (Å²) in [4.78, 5) is 4.02. The molecule has 0 bridgehead atoms. The third-order valence-corrected chi connectivity index (χ3v) is 2.58. The van der Waals surface area contributed by atoms with E-state index in [2.05, 4.69) is 31.4 Å². The molecule has 84 valence electrons. The molecule has 0 amide bonds. The third kappa shape index (κ3) is 2.57. The van der Waals surface area contributed by atoms with Gasteiger partial charge in [-0.25, -0.2) is 4.39 Å². The number of rotatable bonds is 3. The van der Waals surface area contributed by atoms with Gasteiger partial charge in [-0.3, -0.25) is 0 Å². The van der Waals surface area contributed by atoms with Crippen LogP contribution in [0.5, 0.6) is 0 Å². The molecule has 0 saturated carbocycles. The highest BCUT2D eigenvalue weighted by molar-refractivity contribution is 9.10. The Morgan fingerprint density at radius 3 is 2.94 bits per heavy atom. The molecule has 0 saturated heterocycles. The Morgan fingerprint density at radius 2 is 2.31 bits per heavy atom. The van der Waals surface area contributed by atoms with Gasteiger partial charge in [0, 0.05) is 12.6 Å². The van der Waals surface area contributed by atoms with Crippen LogP contribution in [0.25, 0.3) is 0 Å². The van der Waals surface area contributed by atoms with Crippen molar-refractivity contribution in [2.45, 2.75) is 13.5 Å². The van der Waals surface area contributed by atoms with Crippen molar-refractivity contribution in [2.75, 3.05) is 5.32 Å². The zero-order valence-electron chi connectivity index (χ0n) is 8.50. The molecule has 0 spiro atoms. The van der Waals surface area contributed by atoms with Crippen LogP contribution in [0.2, 0.25) is 0 Å². The van der Waals surface area contributed by atoms with Gasteiger partial charge in [-0.2, -0.15) is 4.98 Å². The van der Waals surface area contributed by atoms with Crippen LogP contribution >= 0.6 is 15.9 Å². The van der Waals surface area contributed by atoms with Gasteiger partial charge in [0.25, 0.3) is 0 Å². The molecule has 0 radical (unpaired) electrons. The predicted molar refractivity (Wildman–Crippen MR) is 60.5 cm³/mol. The average molecular weight is 286 g/mol. The molecular weight excluding hydrogens is 277 g/mol. The van der Waals surface area contributed by atoms with Gasteiger partial charge in [0.05, 0.1) is 11.0 Å². The molecule has 0 aliphatic heterocycles. The van der Waals surface area contributed by atoms with E-state index in [1.165, 1.54) is 6.07 Å². The maximum absolute atomic E-state index is 13.2. The Morgan fingerprint density at radius 1 is 1.50 bits per heavy atom. The Hall–Kier alpha value is -1.43. The molecule has 1 N–H and O–H groups in total. The topological polar surface area (TPSA) is 51.0 Å². The first kappa shape index (κ1) is 11.1. The van der Waals surface area contributed by atoms with Gasteiger partial charge in [-0.15, -0.1) is 0 Å². The number of halogens is 2. The van der Waals surface area contributed by atoms with E-state index in [4.69, 9.17) is 4.52 Å². The fourth-order valence-corrected chi connectivity index (χ4v) is 1.45. The predicted octanol–water partition coefficient (Wildman–Crippen LogP) is 2.89. The van der Waals surface area contributed by atoms with Crippen LogP contribution in [0, 0.1) is 12.7 Å². The summed E-state index contributed by atoms with van der Waals surface area (Å²) >= 11 is 3.09. The monoisotopic (exact) mass is 285 g/mol. The first-order valence-electron chi connectivity index (χ1n) is 4.63. The summed E-state index contributed by atoms with van der Waals surface area (Å²) in [5.41, 5.74) is 0.670. The number of aromatic nitrogens is 2. The molecule has 16 heavy (non-hydrogen) atoms. The molecule has 0 fully saturated rings. The number of hydrogen-bond donors (Lipinski definition) is 1. The molecule has 0 atom stereocenters. The number of nitrogens with one attached hydrogen (secondary N) is 1. The van der Waals surface area contributed by atoms with Crippen LogP contribution in [0.4, 0.5) is 10.1 Å². The van der Waals surface area contributed by atoms with Crippen molar-refractivity contribution in [2.24, 2.45) is 0 Å². The fourth-order valence-electron chi connectivity index (χ4n) is 1.20. The van der Waals surface area contributed by atoms with E-state index < -0.39 is 0 Å². The van der Waals surface area contributed by atoms with E-state index in [1.54, 1.807) is 19.1 Å². The number of anilines is 1. The van der Waals surface area contributed by atoms with Crippen LogP contribution in [0.15, 0.2) is 27.2 Å². The molecule has 6 heteroatoms. The first-order valence-corrected chi connectivity index (χ1v) is 5.42. The van der Waals surface area contributed by atoms with Gasteiger partial charge in [-0.1, -0.05) is 5.16 Å². The number of nitrogens with zero attached hydrogens (tertiary/aromatic N) is 2. The smallest absolute Gasteiger partial charge is 0.223 e. The lowest BCUT2D eigenvalue weighted by Crippen LogP contribution is -2.01. The van der Waals surface area contributed by atoms with Gasteiger partial charge < -0.3 is 9.84 Å². The van der Waals surface area contributed by atoms with E-state index >= 15 is 0 Å². The standard InChI is InChI=1S/C10H9BrFN3O/c1-6-14-10(15-16-6)5-13-7-2-3-8(11)9(12)4-7/h2-4,13H,5H2,1H3. The minimum absolute atomic E-state index is 0.311. The van der Waals surface area contributed by atoms with Crippen molar-refractivity contribution in [3.05, 3.63) is 40.2 Å². The summed E-state index contributed by atoms with van der Waals surface area (Å²) in [5, 5.41) is 6.72. The normalized spacial score (nSPS) is 10.4. The van der Waals surface area contributed by atoms with Gasteiger partial charge >= 0.3 is 0 Å². The molecule has 1 heterocycles. The largest absolute Gasteiger partial charge is 0.378 e. The summed E-state index contributed by atoms with van der Waals surface area (Å²) in [6.07, 6.45) is 0. The van der Waals surface area contributed by atoms with Crippen molar-refractivity contribution >= 4 is 21.6 Å². The fraction of sp³-hybridized carbons (Fsp3) is 0.200. The Bertz CT molecular complexity index is 501. The molecule has 2 aromatic rings. The second kappa shape index (κ2) is 4.61. The van der Waals surface area contributed by atoms with Crippen LogP contribution in [-0.2, 0) is 6.54 Å². The molecule has 1 aromatic heterocycles. The molecule has 4 nitrogen and oxygen atoms in total. The highest BCUT2D eigenvalue weighted by Crippen LogP contribution is 2.19. The number of benzene rings is 1. The van der Waals surface area contributed by atoms with Crippen molar-refractivity contribution in [3.8, 4) is 0 Å². The lowest BCUT2D eigenvalue weighted by Gasteiger charge is -2.03. The van der Waals surface area contributed by atoms with Crippen molar-refractivity contribution in [3.63, 3.8) is 0 Å². The quantitative estimate of drug-likeness (QED) is 0.942. The zero-order valence-corrected chi connectivity index (χ0v) is 10.1. The van der Waals surface area contributed by atoms with Crippen LogP contribution < -0.4 is 5.32 Å². The minimum Gasteiger partial charge on any atom is -0.378 e. The molecule has 0 unspecified atom stereocenters. The summed E-state index contributed by atoms with van der Waals surface area (Å²) in [5.74, 6) is 0.744. The Balaban J connectivity index is 2.02. The van der Waals surface area contributed by atoms with Gasteiger partial charge in [0.1, 0.15) is 5.82 Å².